The molecule has 0 radical (unpaired) electrons. The summed E-state index contributed by atoms with van der Waals surface area (Å²) in [5, 5.41) is 10.2. The molecule has 19 heavy (non-hydrogen) atoms. The van der Waals surface area contributed by atoms with Crippen LogP contribution in [0.1, 0.15) is 11.6 Å². The Morgan fingerprint density at radius 3 is 2.95 bits per heavy atom. The number of fused-ring (bicyclic) bond motifs is 3. The van der Waals surface area contributed by atoms with Crippen LogP contribution in [0.4, 0.5) is 0 Å². The third kappa shape index (κ3) is 1.55. The van der Waals surface area contributed by atoms with E-state index < -0.39 is 16.9 Å². The Kier molecular flexibility index (Phi) is 2.40. The quantitative estimate of drug-likeness (QED) is 0.850. The number of hydrogen-bond donors (Lipinski definition) is 1. The standard InChI is InChI=1S/C14H14N2O2S/c17-13-7-19(18)6-11(13)14-10-4-2-1-3-9(10)12-5-15-8-16(12)14/h1-5,8,11,13-14,17H,6-7H2. The fourth-order valence-electron chi connectivity index (χ4n) is 3.32. The van der Waals surface area contributed by atoms with Gasteiger partial charge in [-0.1, -0.05) is 24.3 Å². The minimum Gasteiger partial charge on any atom is -0.392 e. The summed E-state index contributed by atoms with van der Waals surface area (Å²) in [4.78, 5) is 4.21. The molecule has 2 aliphatic rings. The third-order valence-corrected chi connectivity index (χ3v) is 5.63. The molecule has 98 valence electrons. The lowest BCUT2D eigenvalue weighted by atomic mass is 9.90. The van der Waals surface area contributed by atoms with Crippen LogP contribution in [0.25, 0.3) is 11.3 Å². The molecule has 2 aromatic rings. The molecule has 0 saturated carbocycles. The summed E-state index contributed by atoms with van der Waals surface area (Å²) in [6.07, 6.45) is 3.18. The third-order valence-electron chi connectivity index (χ3n) is 4.16. The van der Waals surface area contributed by atoms with Gasteiger partial charge in [0, 0.05) is 33.8 Å². The smallest absolute Gasteiger partial charge is 0.0956 e. The van der Waals surface area contributed by atoms with E-state index in [-0.39, 0.29) is 12.0 Å². The van der Waals surface area contributed by atoms with E-state index in [0.29, 0.717) is 11.5 Å². The molecule has 4 nitrogen and oxygen atoms in total. The molecule has 2 aliphatic heterocycles. The number of aliphatic hydroxyl groups excluding tert-OH is 1. The highest BCUT2D eigenvalue weighted by molar-refractivity contribution is 7.85. The number of imidazole rings is 1. The van der Waals surface area contributed by atoms with Crippen molar-refractivity contribution in [1.29, 1.82) is 0 Å². The molecule has 4 unspecified atom stereocenters. The van der Waals surface area contributed by atoms with Crippen molar-refractivity contribution in [3.63, 3.8) is 0 Å². The number of hydrogen-bond acceptors (Lipinski definition) is 3. The normalized spacial score (nSPS) is 32.3. The molecule has 1 fully saturated rings. The van der Waals surface area contributed by atoms with Gasteiger partial charge in [-0.15, -0.1) is 0 Å². The Balaban J connectivity index is 1.87. The summed E-state index contributed by atoms with van der Waals surface area (Å²) < 4.78 is 13.8. The second kappa shape index (κ2) is 4.02. The zero-order chi connectivity index (χ0) is 13.0. The molecule has 3 heterocycles. The molecule has 4 rings (SSSR count). The Hall–Kier alpha value is -1.46. The van der Waals surface area contributed by atoms with Gasteiger partial charge in [-0.3, -0.25) is 4.21 Å². The number of nitrogens with zero attached hydrogens (tertiary/aromatic N) is 2. The summed E-state index contributed by atoms with van der Waals surface area (Å²) >= 11 is 0. The first-order valence-electron chi connectivity index (χ1n) is 6.40. The lowest BCUT2D eigenvalue weighted by Crippen LogP contribution is -2.27. The highest BCUT2D eigenvalue weighted by Crippen LogP contribution is 2.45. The molecule has 4 atom stereocenters. The Bertz CT molecular complexity index is 667. The summed E-state index contributed by atoms with van der Waals surface area (Å²) in [5.41, 5.74) is 3.48. The Morgan fingerprint density at radius 1 is 1.32 bits per heavy atom. The van der Waals surface area contributed by atoms with Gasteiger partial charge in [0.25, 0.3) is 0 Å². The number of rotatable bonds is 1. The number of aromatic nitrogens is 2. The maximum atomic E-state index is 11.7. The van der Waals surface area contributed by atoms with E-state index in [9.17, 15) is 9.32 Å². The van der Waals surface area contributed by atoms with E-state index in [1.807, 2.05) is 24.7 Å². The topological polar surface area (TPSA) is 55.1 Å². The van der Waals surface area contributed by atoms with Crippen LogP contribution in [0.2, 0.25) is 0 Å². The number of aliphatic hydroxyl groups is 1. The van der Waals surface area contributed by atoms with Gasteiger partial charge in [0.15, 0.2) is 0 Å². The molecule has 0 spiro atoms. The fourth-order valence-corrected chi connectivity index (χ4v) is 4.92. The molecule has 0 aliphatic carbocycles. The van der Waals surface area contributed by atoms with Crippen LogP contribution < -0.4 is 0 Å². The van der Waals surface area contributed by atoms with Crippen molar-refractivity contribution >= 4 is 10.8 Å². The van der Waals surface area contributed by atoms with Crippen molar-refractivity contribution in [2.75, 3.05) is 11.5 Å². The van der Waals surface area contributed by atoms with Crippen molar-refractivity contribution in [3.8, 4) is 11.3 Å². The van der Waals surface area contributed by atoms with Crippen LogP contribution in [0.15, 0.2) is 36.8 Å². The zero-order valence-electron chi connectivity index (χ0n) is 10.3. The minimum absolute atomic E-state index is 0.0115. The number of benzene rings is 1. The molecule has 5 heteroatoms. The Labute approximate surface area is 113 Å². The monoisotopic (exact) mass is 274 g/mol. The van der Waals surface area contributed by atoms with Gasteiger partial charge in [-0.2, -0.15) is 0 Å². The molecule has 1 aromatic heterocycles. The second-order valence-corrected chi connectivity index (χ2v) is 6.77. The lowest BCUT2D eigenvalue weighted by molar-refractivity contribution is 0.128. The molecule has 1 saturated heterocycles. The van der Waals surface area contributed by atoms with Crippen molar-refractivity contribution in [2.45, 2.75) is 12.1 Å². The SMILES string of the molecule is O=S1CC(O)C(C2c3ccccc3-c3cncn32)C1. The van der Waals surface area contributed by atoms with E-state index in [2.05, 4.69) is 21.7 Å². The van der Waals surface area contributed by atoms with Crippen LogP contribution in [0.3, 0.4) is 0 Å². The van der Waals surface area contributed by atoms with Crippen molar-refractivity contribution < 1.29 is 9.32 Å². The molecule has 1 N–H and O–H groups in total. The fraction of sp³-hybridized carbons (Fsp3) is 0.357. The first kappa shape index (κ1) is 11.4. The molecular formula is C14H14N2O2S. The van der Waals surface area contributed by atoms with E-state index in [0.717, 1.165) is 5.69 Å². The van der Waals surface area contributed by atoms with E-state index in [4.69, 9.17) is 0 Å². The zero-order valence-corrected chi connectivity index (χ0v) is 11.1. The highest BCUT2D eigenvalue weighted by Gasteiger charge is 2.42. The molecular weight excluding hydrogens is 260 g/mol. The van der Waals surface area contributed by atoms with Gasteiger partial charge in [-0.05, 0) is 5.56 Å². The summed E-state index contributed by atoms with van der Waals surface area (Å²) in [6, 6.07) is 8.28. The van der Waals surface area contributed by atoms with E-state index >= 15 is 0 Å². The van der Waals surface area contributed by atoms with Gasteiger partial charge >= 0.3 is 0 Å². The largest absolute Gasteiger partial charge is 0.392 e. The van der Waals surface area contributed by atoms with Gasteiger partial charge in [0.2, 0.25) is 0 Å². The van der Waals surface area contributed by atoms with E-state index in [1.54, 1.807) is 0 Å². The molecule has 1 aromatic carbocycles. The van der Waals surface area contributed by atoms with Crippen LogP contribution in [0.5, 0.6) is 0 Å². The first-order chi connectivity index (χ1) is 9.25. The van der Waals surface area contributed by atoms with Gasteiger partial charge in [-0.25, -0.2) is 4.98 Å². The summed E-state index contributed by atoms with van der Waals surface area (Å²) in [6.45, 7) is 0. The predicted octanol–water partition coefficient (Wildman–Crippen LogP) is 1.19. The van der Waals surface area contributed by atoms with Crippen LogP contribution in [-0.2, 0) is 10.8 Å². The second-order valence-electron chi connectivity index (χ2n) is 5.22. The van der Waals surface area contributed by atoms with Crippen molar-refractivity contribution in [1.82, 2.24) is 9.55 Å². The predicted molar refractivity (Wildman–Crippen MR) is 73.2 cm³/mol. The van der Waals surface area contributed by atoms with Crippen molar-refractivity contribution in [3.05, 3.63) is 42.4 Å². The average Bonchev–Trinajstić information content (AvgIpc) is 3.04. The summed E-state index contributed by atoms with van der Waals surface area (Å²) in [5.74, 6) is 0.975. The van der Waals surface area contributed by atoms with Gasteiger partial charge in [0.1, 0.15) is 0 Å². The lowest BCUT2D eigenvalue weighted by Gasteiger charge is -2.23. The first-order valence-corrected chi connectivity index (χ1v) is 7.88. The maximum absolute atomic E-state index is 11.7. The molecule has 0 amide bonds. The van der Waals surface area contributed by atoms with Gasteiger partial charge in [0.05, 0.1) is 30.4 Å². The maximum Gasteiger partial charge on any atom is 0.0956 e. The van der Waals surface area contributed by atoms with Gasteiger partial charge < -0.3 is 9.67 Å². The van der Waals surface area contributed by atoms with Crippen LogP contribution in [0, 0.1) is 5.92 Å². The minimum atomic E-state index is -0.904. The van der Waals surface area contributed by atoms with Crippen molar-refractivity contribution in [2.24, 2.45) is 5.92 Å². The molecule has 0 bridgehead atoms. The van der Waals surface area contributed by atoms with E-state index in [1.165, 1.54) is 11.1 Å². The van der Waals surface area contributed by atoms with Crippen LogP contribution in [-0.4, -0.2) is 36.5 Å². The highest BCUT2D eigenvalue weighted by atomic mass is 32.2. The van der Waals surface area contributed by atoms with Crippen LogP contribution >= 0.6 is 0 Å². The average molecular weight is 274 g/mol. The Morgan fingerprint density at radius 2 is 2.16 bits per heavy atom. The summed E-state index contributed by atoms with van der Waals surface area (Å²) in [7, 11) is -0.904.